The van der Waals surface area contributed by atoms with Crippen LogP contribution in [-0.4, -0.2) is 29.2 Å². The largest absolute Gasteiger partial charge is 0.480 e. The first kappa shape index (κ1) is 16.7. The lowest BCUT2D eigenvalue weighted by molar-refractivity contribution is -0.139. The molecule has 0 aliphatic rings. The van der Waals surface area contributed by atoms with Gasteiger partial charge in [-0.05, 0) is 19.3 Å². The average molecular weight is 258 g/mol. The van der Waals surface area contributed by atoms with Crippen LogP contribution in [0.1, 0.15) is 53.4 Å². The second kappa shape index (κ2) is 8.78. The SMILES string of the molecule is CCC[C@H](NC(=O)NC(C)C(CC)CC)C(=O)O. The van der Waals surface area contributed by atoms with Crippen LogP contribution >= 0.6 is 0 Å². The Morgan fingerprint density at radius 2 is 1.67 bits per heavy atom. The maximum Gasteiger partial charge on any atom is 0.326 e. The van der Waals surface area contributed by atoms with Gasteiger partial charge in [0.15, 0.2) is 0 Å². The van der Waals surface area contributed by atoms with Gasteiger partial charge in [0.1, 0.15) is 6.04 Å². The van der Waals surface area contributed by atoms with Crippen LogP contribution in [0.2, 0.25) is 0 Å². The molecule has 2 atom stereocenters. The predicted molar refractivity (Wildman–Crippen MR) is 71.5 cm³/mol. The summed E-state index contributed by atoms with van der Waals surface area (Å²) in [5.41, 5.74) is 0. The summed E-state index contributed by atoms with van der Waals surface area (Å²) in [7, 11) is 0. The molecule has 0 saturated carbocycles. The Morgan fingerprint density at radius 1 is 1.11 bits per heavy atom. The maximum atomic E-state index is 11.7. The molecule has 106 valence electrons. The number of hydrogen-bond donors (Lipinski definition) is 3. The number of rotatable bonds is 8. The van der Waals surface area contributed by atoms with Crippen molar-refractivity contribution in [3.8, 4) is 0 Å². The molecule has 0 aliphatic heterocycles. The monoisotopic (exact) mass is 258 g/mol. The van der Waals surface area contributed by atoms with Crippen LogP contribution in [0.15, 0.2) is 0 Å². The average Bonchev–Trinajstić information content (AvgIpc) is 2.29. The maximum absolute atomic E-state index is 11.7. The van der Waals surface area contributed by atoms with E-state index in [1.807, 2.05) is 13.8 Å². The quantitative estimate of drug-likeness (QED) is 0.625. The van der Waals surface area contributed by atoms with Gasteiger partial charge >= 0.3 is 12.0 Å². The molecular weight excluding hydrogens is 232 g/mol. The molecule has 1 unspecified atom stereocenters. The molecule has 2 amide bonds. The number of carbonyl (C=O) groups excluding carboxylic acids is 1. The summed E-state index contributed by atoms with van der Waals surface area (Å²) in [6.45, 7) is 8.01. The fourth-order valence-electron chi connectivity index (χ4n) is 2.07. The number of urea groups is 1. The van der Waals surface area contributed by atoms with E-state index in [1.54, 1.807) is 0 Å². The zero-order valence-corrected chi connectivity index (χ0v) is 11.8. The lowest BCUT2D eigenvalue weighted by Crippen LogP contribution is -2.49. The first-order valence-electron chi connectivity index (χ1n) is 6.75. The molecule has 0 aliphatic carbocycles. The molecule has 0 bridgehead atoms. The highest BCUT2D eigenvalue weighted by molar-refractivity contribution is 5.82. The highest BCUT2D eigenvalue weighted by Gasteiger charge is 2.21. The number of carbonyl (C=O) groups is 2. The molecule has 0 aromatic rings. The van der Waals surface area contributed by atoms with Gasteiger partial charge < -0.3 is 15.7 Å². The summed E-state index contributed by atoms with van der Waals surface area (Å²) >= 11 is 0. The zero-order chi connectivity index (χ0) is 14.1. The number of hydrogen-bond acceptors (Lipinski definition) is 2. The van der Waals surface area contributed by atoms with Crippen molar-refractivity contribution in [1.82, 2.24) is 10.6 Å². The molecule has 0 saturated heterocycles. The minimum absolute atomic E-state index is 0.0519. The van der Waals surface area contributed by atoms with Crippen LogP contribution in [0.25, 0.3) is 0 Å². The lowest BCUT2D eigenvalue weighted by Gasteiger charge is -2.23. The second-order valence-corrected chi connectivity index (χ2v) is 4.66. The van der Waals surface area contributed by atoms with Gasteiger partial charge in [-0.15, -0.1) is 0 Å². The van der Waals surface area contributed by atoms with E-state index in [4.69, 9.17) is 5.11 Å². The van der Waals surface area contributed by atoms with Gasteiger partial charge in [-0.2, -0.15) is 0 Å². The highest BCUT2D eigenvalue weighted by atomic mass is 16.4. The van der Waals surface area contributed by atoms with Crippen molar-refractivity contribution in [2.75, 3.05) is 0 Å². The van der Waals surface area contributed by atoms with E-state index in [9.17, 15) is 9.59 Å². The molecule has 0 radical (unpaired) electrons. The van der Waals surface area contributed by atoms with Gasteiger partial charge in [0.25, 0.3) is 0 Å². The Bertz CT molecular complexity index is 265. The molecule has 0 heterocycles. The number of aliphatic carboxylic acids is 1. The van der Waals surface area contributed by atoms with Crippen molar-refractivity contribution in [3.63, 3.8) is 0 Å². The first-order valence-corrected chi connectivity index (χ1v) is 6.75. The number of carboxylic acids is 1. The Balaban J connectivity index is 4.27. The van der Waals surface area contributed by atoms with Gasteiger partial charge in [-0.1, -0.05) is 40.0 Å². The van der Waals surface area contributed by atoms with Crippen molar-refractivity contribution in [1.29, 1.82) is 0 Å². The summed E-state index contributed by atoms with van der Waals surface area (Å²) < 4.78 is 0. The summed E-state index contributed by atoms with van der Waals surface area (Å²) in [4.78, 5) is 22.6. The Labute approximate surface area is 109 Å². The van der Waals surface area contributed by atoms with Gasteiger partial charge in [-0.3, -0.25) is 0 Å². The van der Waals surface area contributed by atoms with Gasteiger partial charge in [-0.25, -0.2) is 9.59 Å². The molecule has 0 spiro atoms. The molecule has 18 heavy (non-hydrogen) atoms. The van der Waals surface area contributed by atoms with Crippen molar-refractivity contribution >= 4 is 12.0 Å². The van der Waals surface area contributed by atoms with E-state index >= 15 is 0 Å². The molecule has 0 fully saturated rings. The predicted octanol–water partition coefficient (Wildman–Crippen LogP) is 2.36. The first-order chi connectivity index (χ1) is 8.46. The second-order valence-electron chi connectivity index (χ2n) is 4.66. The third-order valence-corrected chi connectivity index (χ3v) is 3.30. The van der Waals surface area contributed by atoms with Crippen LogP contribution in [0.4, 0.5) is 4.79 Å². The van der Waals surface area contributed by atoms with Gasteiger partial charge in [0, 0.05) is 6.04 Å². The third-order valence-electron chi connectivity index (χ3n) is 3.30. The van der Waals surface area contributed by atoms with Gasteiger partial charge in [0.05, 0.1) is 0 Å². The van der Waals surface area contributed by atoms with E-state index in [2.05, 4.69) is 24.5 Å². The summed E-state index contributed by atoms with van der Waals surface area (Å²) in [5.74, 6) is -0.563. The Hall–Kier alpha value is -1.26. The van der Waals surface area contributed by atoms with Crippen molar-refractivity contribution in [3.05, 3.63) is 0 Å². The normalized spacial score (nSPS) is 14.1. The molecule has 0 rings (SSSR count). The van der Waals surface area contributed by atoms with E-state index in [0.717, 1.165) is 19.3 Å². The minimum atomic E-state index is -0.984. The fraction of sp³-hybridized carbons (Fsp3) is 0.846. The lowest BCUT2D eigenvalue weighted by atomic mass is 9.96. The van der Waals surface area contributed by atoms with Crippen molar-refractivity contribution < 1.29 is 14.7 Å². The number of amides is 2. The molecule has 0 aromatic heterocycles. The molecular formula is C13H26N2O3. The van der Waals surface area contributed by atoms with Crippen LogP contribution in [0.5, 0.6) is 0 Å². The molecule has 3 N–H and O–H groups in total. The van der Waals surface area contributed by atoms with Crippen LogP contribution in [-0.2, 0) is 4.79 Å². The van der Waals surface area contributed by atoms with E-state index < -0.39 is 18.0 Å². The van der Waals surface area contributed by atoms with E-state index in [1.165, 1.54) is 0 Å². The highest BCUT2D eigenvalue weighted by Crippen LogP contribution is 2.12. The zero-order valence-electron chi connectivity index (χ0n) is 11.8. The standard InChI is InChI=1S/C13H26N2O3/c1-5-8-11(12(16)17)15-13(18)14-9(4)10(6-2)7-3/h9-11H,5-8H2,1-4H3,(H,16,17)(H2,14,15,18)/t9?,11-/m0/s1. The Morgan fingerprint density at radius 3 is 2.06 bits per heavy atom. The molecule has 0 aromatic carbocycles. The topological polar surface area (TPSA) is 78.4 Å². The molecule has 5 heteroatoms. The van der Waals surface area contributed by atoms with Crippen LogP contribution in [0, 0.1) is 5.92 Å². The Kier molecular flexibility index (Phi) is 8.16. The fourth-order valence-corrected chi connectivity index (χ4v) is 2.07. The number of carboxylic acid groups (broad SMARTS) is 1. The minimum Gasteiger partial charge on any atom is -0.480 e. The van der Waals surface area contributed by atoms with Crippen molar-refractivity contribution in [2.24, 2.45) is 5.92 Å². The smallest absolute Gasteiger partial charge is 0.326 e. The van der Waals surface area contributed by atoms with E-state index in [0.29, 0.717) is 12.3 Å². The van der Waals surface area contributed by atoms with Crippen LogP contribution < -0.4 is 10.6 Å². The summed E-state index contributed by atoms with van der Waals surface area (Å²) in [5, 5.41) is 14.3. The summed E-state index contributed by atoms with van der Waals surface area (Å²) in [6, 6.07) is -1.14. The van der Waals surface area contributed by atoms with Crippen LogP contribution in [0.3, 0.4) is 0 Å². The van der Waals surface area contributed by atoms with Crippen molar-refractivity contribution in [2.45, 2.75) is 65.5 Å². The number of nitrogens with one attached hydrogen (secondary N) is 2. The van der Waals surface area contributed by atoms with Gasteiger partial charge in [0.2, 0.25) is 0 Å². The third kappa shape index (κ3) is 5.89. The van der Waals surface area contributed by atoms with E-state index in [-0.39, 0.29) is 6.04 Å². The molecule has 5 nitrogen and oxygen atoms in total. The summed E-state index contributed by atoms with van der Waals surface area (Å²) in [6.07, 6.45) is 3.16.